The molecule has 0 unspecified atom stereocenters. The van der Waals surface area contributed by atoms with E-state index in [4.69, 9.17) is 10.5 Å². The van der Waals surface area contributed by atoms with E-state index >= 15 is 0 Å². The lowest BCUT2D eigenvalue weighted by atomic mass is 10.0. The number of primary amides is 1. The Hall–Kier alpha value is -3.26. The molecule has 1 amide bonds. The summed E-state index contributed by atoms with van der Waals surface area (Å²) in [4.78, 5) is 16.9. The minimum absolute atomic E-state index is 0.164. The van der Waals surface area contributed by atoms with Crippen molar-refractivity contribution in [2.45, 2.75) is 6.61 Å². The van der Waals surface area contributed by atoms with Gasteiger partial charge in [-0.1, -0.05) is 12.1 Å². The van der Waals surface area contributed by atoms with Crippen molar-refractivity contribution in [3.05, 3.63) is 65.0 Å². The minimum Gasteiger partial charge on any atom is -0.471 e. The zero-order valence-electron chi connectivity index (χ0n) is 14.3. The van der Waals surface area contributed by atoms with Crippen LogP contribution in [0.1, 0.15) is 15.4 Å². The number of ether oxygens (including phenoxy) is 1. The van der Waals surface area contributed by atoms with Gasteiger partial charge in [-0.05, 0) is 29.8 Å². The lowest BCUT2D eigenvalue weighted by molar-refractivity contribution is 0.0996. The van der Waals surface area contributed by atoms with Crippen LogP contribution in [0.25, 0.3) is 21.3 Å². The predicted molar refractivity (Wildman–Crippen MR) is 101 cm³/mol. The summed E-state index contributed by atoms with van der Waals surface area (Å²) in [6.45, 7) is 0.326. The fourth-order valence-corrected chi connectivity index (χ4v) is 3.77. The Morgan fingerprint density at radius 2 is 2.04 bits per heavy atom. The van der Waals surface area contributed by atoms with Gasteiger partial charge in [-0.3, -0.25) is 9.48 Å². The van der Waals surface area contributed by atoms with Crippen molar-refractivity contribution in [1.29, 1.82) is 0 Å². The Balaban J connectivity index is 1.75. The van der Waals surface area contributed by atoms with Crippen molar-refractivity contribution >= 4 is 27.5 Å². The molecule has 0 aliphatic heterocycles. The minimum atomic E-state index is -0.613. The molecule has 8 heteroatoms. The number of carbonyl (C=O) groups excluding carboxylic acids is 1. The summed E-state index contributed by atoms with van der Waals surface area (Å²) < 4.78 is 21.5. The van der Waals surface area contributed by atoms with Gasteiger partial charge >= 0.3 is 0 Å². The van der Waals surface area contributed by atoms with E-state index in [0.29, 0.717) is 18.0 Å². The molecule has 27 heavy (non-hydrogen) atoms. The molecule has 1 aromatic carbocycles. The average molecular weight is 382 g/mol. The van der Waals surface area contributed by atoms with E-state index in [0.717, 1.165) is 20.7 Å². The van der Waals surface area contributed by atoms with Crippen molar-refractivity contribution in [1.82, 2.24) is 14.8 Å². The fraction of sp³-hybridized carbons (Fsp3) is 0.105. The Kier molecular flexibility index (Phi) is 4.33. The molecular formula is C19H15FN4O2S. The third-order valence-electron chi connectivity index (χ3n) is 3.99. The number of carbonyl (C=O) groups is 1. The molecule has 3 aromatic heterocycles. The molecule has 0 saturated carbocycles. The summed E-state index contributed by atoms with van der Waals surface area (Å²) in [5, 5.41) is 4.18. The number of thiophene rings is 1. The van der Waals surface area contributed by atoms with Gasteiger partial charge in [0.15, 0.2) is 0 Å². The lowest BCUT2D eigenvalue weighted by Gasteiger charge is -2.05. The number of aryl methyl sites for hydroxylation is 1. The molecular weight excluding hydrogens is 367 g/mol. The van der Waals surface area contributed by atoms with E-state index < -0.39 is 5.91 Å². The van der Waals surface area contributed by atoms with Crippen LogP contribution in [0, 0.1) is 5.82 Å². The first-order valence-electron chi connectivity index (χ1n) is 8.11. The number of nitrogens with zero attached hydrogens (tertiary/aromatic N) is 3. The number of halogens is 1. The van der Waals surface area contributed by atoms with Gasteiger partial charge in [0.25, 0.3) is 5.91 Å². The summed E-state index contributed by atoms with van der Waals surface area (Å²) in [5.41, 5.74) is 7.80. The maximum Gasteiger partial charge on any atom is 0.267 e. The monoisotopic (exact) mass is 382 g/mol. The van der Waals surface area contributed by atoms with E-state index in [1.165, 1.54) is 23.5 Å². The highest BCUT2D eigenvalue weighted by atomic mass is 32.1. The molecule has 0 aliphatic carbocycles. The highest BCUT2D eigenvalue weighted by Crippen LogP contribution is 2.35. The molecule has 3 heterocycles. The highest BCUT2D eigenvalue weighted by Gasteiger charge is 2.15. The van der Waals surface area contributed by atoms with Crippen LogP contribution in [0.5, 0.6) is 5.88 Å². The number of pyridine rings is 1. The standard InChI is InChI=1S/C19H15FN4O2S/c1-24-7-6-17(23-24)26-10-13-8-15-18(27-13)14(9-16(22-15)19(21)25)11-2-4-12(20)5-3-11/h2-9H,10H2,1H3,(H2,21,25). The number of amides is 1. The van der Waals surface area contributed by atoms with Crippen molar-refractivity contribution < 1.29 is 13.9 Å². The van der Waals surface area contributed by atoms with Crippen molar-refractivity contribution in [2.75, 3.05) is 0 Å². The number of rotatable bonds is 5. The highest BCUT2D eigenvalue weighted by molar-refractivity contribution is 7.19. The van der Waals surface area contributed by atoms with Crippen LogP contribution in [-0.4, -0.2) is 20.7 Å². The fourth-order valence-electron chi connectivity index (χ4n) is 2.73. The Morgan fingerprint density at radius 1 is 1.26 bits per heavy atom. The van der Waals surface area contributed by atoms with Crippen LogP contribution in [-0.2, 0) is 13.7 Å². The molecule has 0 bridgehead atoms. The van der Waals surface area contributed by atoms with E-state index in [1.807, 2.05) is 13.1 Å². The van der Waals surface area contributed by atoms with Crippen LogP contribution >= 0.6 is 11.3 Å². The summed E-state index contributed by atoms with van der Waals surface area (Å²) in [6.07, 6.45) is 1.80. The number of fused-ring (bicyclic) bond motifs is 1. The van der Waals surface area contributed by atoms with E-state index in [1.54, 1.807) is 35.1 Å². The van der Waals surface area contributed by atoms with Crippen molar-refractivity contribution in [3.8, 4) is 17.0 Å². The van der Waals surface area contributed by atoms with Crippen LogP contribution < -0.4 is 10.5 Å². The first-order valence-corrected chi connectivity index (χ1v) is 8.93. The third kappa shape index (κ3) is 3.52. The Labute approximate surface area is 158 Å². The molecule has 0 saturated heterocycles. The second-order valence-electron chi connectivity index (χ2n) is 5.97. The quantitative estimate of drug-likeness (QED) is 0.572. The molecule has 4 aromatic rings. The van der Waals surface area contributed by atoms with Gasteiger partial charge < -0.3 is 10.5 Å². The topological polar surface area (TPSA) is 83.0 Å². The van der Waals surface area contributed by atoms with Crippen LogP contribution in [0.4, 0.5) is 4.39 Å². The molecule has 0 radical (unpaired) electrons. The zero-order valence-corrected chi connectivity index (χ0v) is 15.2. The number of hydrogen-bond donors (Lipinski definition) is 1. The van der Waals surface area contributed by atoms with E-state index in [2.05, 4.69) is 10.1 Å². The first kappa shape index (κ1) is 17.2. The van der Waals surface area contributed by atoms with E-state index in [-0.39, 0.29) is 11.5 Å². The van der Waals surface area contributed by atoms with Gasteiger partial charge in [-0.2, -0.15) is 0 Å². The summed E-state index contributed by atoms with van der Waals surface area (Å²) in [5.74, 6) is -0.410. The predicted octanol–water partition coefficient (Wildman–Crippen LogP) is 3.51. The second kappa shape index (κ2) is 6.81. The van der Waals surface area contributed by atoms with E-state index in [9.17, 15) is 9.18 Å². The molecule has 136 valence electrons. The summed E-state index contributed by atoms with van der Waals surface area (Å²) in [6, 6.07) is 11.4. The maximum absolute atomic E-state index is 13.3. The molecule has 4 rings (SSSR count). The van der Waals surface area contributed by atoms with Gasteiger partial charge in [0.1, 0.15) is 18.1 Å². The van der Waals surface area contributed by atoms with Crippen LogP contribution in [0.2, 0.25) is 0 Å². The van der Waals surface area contributed by atoms with Gasteiger partial charge in [0.2, 0.25) is 5.88 Å². The Morgan fingerprint density at radius 3 is 2.70 bits per heavy atom. The molecule has 0 aliphatic rings. The molecule has 6 nitrogen and oxygen atoms in total. The van der Waals surface area contributed by atoms with Crippen LogP contribution in [0.15, 0.2) is 48.7 Å². The molecule has 2 N–H and O–H groups in total. The van der Waals surface area contributed by atoms with Gasteiger partial charge in [0, 0.05) is 29.8 Å². The Bertz CT molecular complexity index is 1130. The van der Waals surface area contributed by atoms with Gasteiger partial charge in [-0.25, -0.2) is 9.37 Å². The smallest absolute Gasteiger partial charge is 0.267 e. The van der Waals surface area contributed by atoms with Crippen molar-refractivity contribution in [3.63, 3.8) is 0 Å². The van der Waals surface area contributed by atoms with Crippen molar-refractivity contribution in [2.24, 2.45) is 12.8 Å². The lowest BCUT2D eigenvalue weighted by Crippen LogP contribution is -2.13. The average Bonchev–Trinajstić information content (AvgIpc) is 3.25. The van der Waals surface area contributed by atoms with Gasteiger partial charge in [0.05, 0.1) is 10.2 Å². The maximum atomic E-state index is 13.3. The number of hydrogen-bond acceptors (Lipinski definition) is 5. The third-order valence-corrected chi connectivity index (χ3v) is 5.12. The second-order valence-corrected chi connectivity index (χ2v) is 7.11. The first-order chi connectivity index (χ1) is 13.0. The van der Waals surface area contributed by atoms with Gasteiger partial charge in [-0.15, -0.1) is 16.4 Å². The molecule has 0 fully saturated rings. The van der Waals surface area contributed by atoms with Crippen LogP contribution in [0.3, 0.4) is 0 Å². The largest absolute Gasteiger partial charge is 0.471 e. The number of aromatic nitrogens is 3. The zero-order chi connectivity index (χ0) is 19.0. The number of nitrogens with two attached hydrogens (primary N) is 1. The number of benzene rings is 1. The molecule has 0 spiro atoms. The normalized spacial score (nSPS) is 11.0. The SMILES string of the molecule is Cn1ccc(OCc2cc3nc(C(N)=O)cc(-c4ccc(F)cc4)c3s2)n1. The summed E-state index contributed by atoms with van der Waals surface area (Å²) in [7, 11) is 1.82. The summed E-state index contributed by atoms with van der Waals surface area (Å²) >= 11 is 1.50. The molecule has 0 atom stereocenters.